The molecule has 39 heavy (non-hydrogen) atoms. The molecule has 2 aliphatic rings. The van der Waals surface area contributed by atoms with E-state index in [-0.39, 0.29) is 27.9 Å². The van der Waals surface area contributed by atoms with Crippen LogP contribution in [0.2, 0.25) is 0 Å². The van der Waals surface area contributed by atoms with Crippen LogP contribution in [0.15, 0.2) is 57.5 Å². The standard InChI is InChI=1S/C24H27F3N10OS/c1-4-29-17-13-30-22(37-9-5-8-36(3)10-11-37)32-18(17)19(28)31-16-12-15(7-6-14(16)2)20(38)33-23-35-34-21(39-23)24(25,26)27/h4,6-7,12-13,31H,1,5,8-11,28H2,2-3H3,(H,33,35,38)/b19-18-,29-17-. The van der Waals surface area contributed by atoms with Gasteiger partial charge in [-0.3, -0.25) is 15.1 Å². The maximum absolute atomic E-state index is 12.8. The van der Waals surface area contributed by atoms with Crippen molar-refractivity contribution >= 4 is 45.9 Å². The number of amides is 1. The highest BCUT2D eigenvalue weighted by Crippen LogP contribution is 2.33. The Morgan fingerprint density at radius 1 is 1.21 bits per heavy atom. The topological polar surface area (TPSA) is 136 Å². The lowest BCUT2D eigenvalue weighted by atomic mass is 10.1. The van der Waals surface area contributed by atoms with Gasteiger partial charge in [-0.25, -0.2) is 9.98 Å². The van der Waals surface area contributed by atoms with E-state index in [0.29, 0.717) is 23.1 Å². The second-order valence-electron chi connectivity index (χ2n) is 8.79. The first-order valence-electron chi connectivity index (χ1n) is 11.9. The number of likely N-dealkylation sites (N-methyl/N-ethyl adjacent to an activating group) is 1. The lowest BCUT2D eigenvalue weighted by Gasteiger charge is -2.24. The Labute approximate surface area is 226 Å². The number of aliphatic imine (C=N–C) groups is 3. The van der Waals surface area contributed by atoms with Crippen LogP contribution in [0.25, 0.3) is 0 Å². The van der Waals surface area contributed by atoms with Gasteiger partial charge in [-0.05, 0) is 44.6 Å². The van der Waals surface area contributed by atoms with Crippen LogP contribution in [-0.2, 0) is 6.18 Å². The van der Waals surface area contributed by atoms with Crippen molar-refractivity contribution in [3.63, 3.8) is 0 Å². The number of hydrogen-bond acceptors (Lipinski definition) is 11. The van der Waals surface area contributed by atoms with E-state index in [1.54, 1.807) is 12.3 Å². The van der Waals surface area contributed by atoms with E-state index in [9.17, 15) is 18.0 Å². The first-order valence-corrected chi connectivity index (χ1v) is 12.7. The number of benzene rings is 1. The maximum atomic E-state index is 12.8. The minimum atomic E-state index is -4.64. The van der Waals surface area contributed by atoms with Gasteiger partial charge in [0.05, 0.1) is 6.21 Å². The molecule has 1 aromatic heterocycles. The van der Waals surface area contributed by atoms with Crippen LogP contribution in [0.1, 0.15) is 27.3 Å². The molecule has 2 aromatic rings. The molecule has 0 atom stereocenters. The van der Waals surface area contributed by atoms with Gasteiger partial charge in [0.15, 0.2) is 0 Å². The number of nitrogens with two attached hydrogens (primary N) is 1. The van der Waals surface area contributed by atoms with Crippen molar-refractivity contribution in [2.75, 3.05) is 43.9 Å². The van der Waals surface area contributed by atoms with Crippen molar-refractivity contribution in [1.29, 1.82) is 0 Å². The fraction of sp³-hybridized carbons (Fsp3) is 0.333. The van der Waals surface area contributed by atoms with Crippen molar-refractivity contribution in [2.45, 2.75) is 19.5 Å². The summed E-state index contributed by atoms with van der Waals surface area (Å²) in [4.78, 5) is 30.5. The van der Waals surface area contributed by atoms with Crippen LogP contribution >= 0.6 is 11.3 Å². The van der Waals surface area contributed by atoms with Gasteiger partial charge in [0.25, 0.3) is 5.91 Å². The lowest BCUT2D eigenvalue weighted by molar-refractivity contribution is -0.138. The Balaban J connectivity index is 1.58. The van der Waals surface area contributed by atoms with Crippen molar-refractivity contribution in [1.82, 2.24) is 20.0 Å². The number of carbonyl (C=O) groups is 1. The summed E-state index contributed by atoms with van der Waals surface area (Å²) >= 11 is 0.240. The fourth-order valence-electron chi connectivity index (χ4n) is 3.82. The summed E-state index contributed by atoms with van der Waals surface area (Å²) in [7, 11) is 2.07. The molecular weight excluding hydrogens is 533 g/mol. The third-order valence-corrected chi connectivity index (χ3v) is 6.79. The average Bonchev–Trinajstić information content (AvgIpc) is 3.26. The number of allylic oxidation sites excluding steroid dienone is 1. The highest BCUT2D eigenvalue weighted by Gasteiger charge is 2.36. The summed E-state index contributed by atoms with van der Waals surface area (Å²) in [6.45, 7) is 8.87. The quantitative estimate of drug-likeness (QED) is 0.510. The Morgan fingerprint density at radius 2 is 2.00 bits per heavy atom. The van der Waals surface area contributed by atoms with E-state index in [2.05, 4.69) is 59.2 Å². The summed E-state index contributed by atoms with van der Waals surface area (Å²) in [5, 5.41) is 10.5. The highest BCUT2D eigenvalue weighted by atomic mass is 32.1. The zero-order valence-electron chi connectivity index (χ0n) is 21.3. The normalized spacial score (nSPS) is 18.9. The molecule has 15 heteroatoms. The van der Waals surface area contributed by atoms with Gasteiger partial charge < -0.3 is 20.9 Å². The minimum Gasteiger partial charge on any atom is -0.383 e. The number of aromatic nitrogens is 2. The summed E-state index contributed by atoms with van der Waals surface area (Å²) in [5.74, 6) is 0.0401. The zero-order valence-corrected chi connectivity index (χ0v) is 22.1. The van der Waals surface area contributed by atoms with E-state index in [1.807, 2.05) is 6.92 Å². The predicted molar refractivity (Wildman–Crippen MR) is 146 cm³/mol. The van der Waals surface area contributed by atoms with E-state index >= 15 is 0 Å². The maximum Gasteiger partial charge on any atom is 0.445 e. The molecular formula is C24H27F3N10OS. The number of carbonyl (C=O) groups excluding carboxylic acids is 1. The second-order valence-corrected chi connectivity index (χ2v) is 9.77. The number of rotatable bonds is 5. The summed E-state index contributed by atoms with van der Waals surface area (Å²) in [6, 6.07) is 4.75. The highest BCUT2D eigenvalue weighted by molar-refractivity contribution is 7.15. The van der Waals surface area contributed by atoms with E-state index in [4.69, 9.17) is 5.73 Å². The number of alkyl halides is 3. The smallest absolute Gasteiger partial charge is 0.383 e. The van der Waals surface area contributed by atoms with Gasteiger partial charge in [0, 0.05) is 37.1 Å². The number of anilines is 2. The van der Waals surface area contributed by atoms with Crippen LogP contribution in [0.3, 0.4) is 0 Å². The average molecular weight is 561 g/mol. The number of guanidine groups is 1. The first-order chi connectivity index (χ1) is 18.5. The van der Waals surface area contributed by atoms with Crippen molar-refractivity contribution in [3.8, 4) is 0 Å². The van der Waals surface area contributed by atoms with E-state index in [0.717, 1.165) is 38.2 Å². The van der Waals surface area contributed by atoms with Gasteiger partial charge in [-0.2, -0.15) is 13.2 Å². The molecule has 206 valence electrons. The molecule has 3 heterocycles. The Hall–Kier alpha value is -4.11. The molecule has 4 N–H and O–H groups in total. The molecule has 4 rings (SSSR count). The first kappa shape index (κ1) is 27.9. The molecule has 1 aromatic carbocycles. The van der Waals surface area contributed by atoms with Crippen molar-refractivity contribution in [2.24, 2.45) is 20.7 Å². The molecule has 0 spiro atoms. The predicted octanol–water partition coefficient (Wildman–Crippen LogP) is 3.32. The largest absolute Gasteiger partial charge is 0.445 e. The van der Waals surface area contributed by atoms with Crippen molar-refractivity contribution in [3.05, 3.63) is 58.6 Å². The molecule has 0 radical (unpaired) electrons. The minimum absolute atomic E-state index is 0.172. The number of aryl methyl sites for hydroxylation is 1. The van der Waals surface area contributed by atoms with Crippen LogP contribution in [-0.4, -0.2) is 77.0 Å². The SMILES string of the molecule is C=C/N=C1/C=NC(N2CCCN(C)CC2)=N/C1=C(/N)Nc1cc(C(=O)Nc2nnc(C(F)(F)F)s2)ccc1C. The van der Waals surface area contributed by atoms with Gasteiger partial charge in [-0.15, -0.1) is 10.2 Å². The molecule has 11 nitrogen and oxygen atoms in total. The van der Waals surface area contributed by atoms with Crippen LogP contribution in [0.4, 0.5) is 24.0 Å². The number of hydrogen-bond donors (Lipinski definition) is 3. The van der Waals surface area contributed by atoms with Crippen molar-refractivity contribution < 1.29 is 18.0 Å². The summed E-state index contributed by atoms with van der Waals surface area (Å²) in [5.41, 5.74) is 8.64. The number of halogens is 3. The zero-order chi connectivity index (χ0) is 28.2. The molecule has 1 fully saturated rings. The van der Waals surface area contributed by atoms with Crippen LogP contribution in [0, 0.1) is 6.92 Å². The van der Waals surface area contributed by atoms with E-state index < -0.39 is 17.1 Å². The summed E-state index contributed by atoms with van der Waals surface area (Å²) in [6.07, 6.45) is -0.732. The Kier molecular flexibility index (Phi) is 8.40. The molecule has 2 aliphatic heterocycles. The van der Waals surface area contributed by atoms with Gasteiger partial charge in [0.1, 0.15) is 17.2 Å². The van der Waals surface area contributed by atoms with Gasteiger partial charge >= 0.3 is 6.18 Å². The van der Waals surface area contributed by atoms with Gasteiger partial charge in [0.2, 0.25) is 16.1 Å². The Morgan fingerprint density at radius 3 is 2.72 bits per heavy atom. The van der Waals surface area contributed by atoms with Crippen LogP contribution < -0.4 is 16.4 Å². The van der Waals surface area contributed by atoms with Gasteiger partial charge in [-0.1, -0.05) is 24.0 Å². The molecule has 1 amide bonds. The summed E-state index contributed by atoms with van der Waals surface area (Å²) < 4.78 is 38.4. The lowest BCUT2D eigenvalue weighted by Crippen LogP contribution is -2.36. The third kappa shape index (κ3) is 6.86. The molecule has 0 saturated carbocycles. The molecule has 0 unspecified atom stereocenters. The second kappa shape index (κ2) is 11.7. The van der Waals surface area contributed by atoms with E-state index in [1.165, 1.54) is 18.3 Å². The Bertz CT molecular complexity index is 1380. The van der Waals surface area contributed by atoms with Crippen LogP contribution in [0.5, 0.6) is 0 Å². The third-order valence-electron chi connectivity index (χ3n) is 5.90. The fourth-order valence-corrected chi connectivity index (χ4v) is 4.42. The number of nitrogens with zero attached hydrogens (tertiary/aromatic N) is 7. The molecule has 0 bridgehead atoms. The molecule has 1 saturated heterocycles. The molecule has 0 aliphatic carbocycles. The monoisotopic (exact) mass is 560 g/mol. The number of nitrogens with one attached hydrogen (secondary N) is 2.